The maximum absolute atomic E-state index is 5.70. The molecule has 0 radical (unpaired) electrons. The molecule has 0 aliphatic heterocycles. The average molecular weight is 385 g/mol. The van der Waals surface area contributed by atoms with Gasteiger partial charge < -0.3 is 16.0 Å². The van der Waals surface area contributed by atoms with Crippen LogP contribution in [0.2, 0.25) is 0 Å². The highest BCUT2D eigenvalue weighted by molar-refractivity contribution is 5.63. The van der Waals surface area contributed by atoms with Gasteiger partial charge in [-0.3, -0.25) is 0 Å². The summed E-state index contributed by atoms with van der Waals surface area (Å²) in [6.45, 7) is 0. The second kappa shape index (κ2) is 6.66. The lowest BCUT2D eigenvalue weighted by molar-refractivity contribution is 0.273. The van der Waals surface area contributed by atoms with E-state index >= 15 is 0 Å². The number of hydrogen-bond acceptors (Lipinski definition) is 8. The molecule has 1 aliphatic carbocycles. The van der Waals surface area contributed by atoms with Gasteiger partial charge in [-0.2, -0.15) is 4.98 Å². The van der Waals surface area contributed by atoms with Crippen molar-refractivity contribution in [3.05, 3.63) is 66.4 Å². The zero-order chi connectivity index (χ0) is 19.8. The predicted molar refractivity (Wildman–Crippen MR) is 108 cm³/mol. The van der Waals surface area contributed by atoms with E-state index < -0.39 is 0 Å². The lowest BCUT2D eigenvalue weighted by Gasteiger charge is -2.39. The Labute approximate surface area is 167 Å². The van der Waals surface area contributed by atoms with Gasteiger partial charge in [0.2, 0.25) is 5.95 Å². The number of benzene rings is 1. The maximum atomic E-state index is 5.70. The third kappa shape index (κ3) is 2.98. The summed E-state index contributed by atoms with van der Waals surface area (Å²) in [6, 6.07) is 11.9. The molecule has 4 aromatic rings. The van der Waals surface area contributed by atoms with Crippen LogP contribution in [0.3, 0.4) is 0 Å². The molecule has 1 fully saturated rings. The van der Waals surface area contributed by atoms with Crippen molar-refractivity contribution in [1.29, 1.82) is 0 Å². The Bertz CT molecular complexity index is 1130. The summed E-state index contributed by atoms with van der Waals surface area (Å²) >= 11 is 0. The Balaban J connectivity index is 1.46. The topological polar surface area (TPSA) is 130 Å². The molecule has 0 bridgehead atoms. The lowest BCUT2D eigenvalue weighted by atomic mass is 9.64. The minimum absolute atomic E-state index is 0.230. The number of nitrogens with zero attached hydrogens (tertiary/aromatic N) is 5. The predicted octanol–water partition coefficient (Wildman–Crippen LogP) is 3.22. The van der Waals surface area contributed by atoms with E-state index in [0.29, 0.717) is 23.1 Å². The van der Waals surface area contributed by atoms with Crippen LogP contribution in [0, 0.1) is 0 Å². The highest BCUT2D eigenvalue weighted by Crippen LogP contribution is 2.48. The molecule has 0 saturated heterocycles. The van der Waals surface area contributed by atoms with E-state index in [1.807, 2.05) is 0 Å². The van der Waals surface area contributed by atoms with Crippen molar-refractivity contribution in [2.24, 2.45) is 0 Å². The number of aromatic nitrogens is 5. The number of nitrogen functional groups attached to an aromatic ring is 2. The molecule has 144 valence electrons. The second-order valence-corrected chi connectivity index (χ2v) is 7.24. The molecule has 5 rings (SSSR count). The zero-order valence-corrected chi connectivity index (χ0v) is 15.6. The molecular weight excluding hydrogens is 366 g/mol. The molecule has 3 aromatic heterocycles. The van der Waals surface area contributed by atoms with Crippen LogP contribution in [0.15, 0.2) is 59.5 Å². The second-order valence-electron chi connectivity index (χ2n) is 7.24. The zero-order valence-electron chi connectivity index (χ0n) is 15.6. The third-order valence-corrected chi connectivity index (χ3v) is 5.51. The molecule has 0 atom stereocenters. The minimum Gasteiger partial charge on any atom is -0.397 e. The first-order chi connectivity index (χ1) is 14.1. The van der Waals surface area contributed by atoms with Crippen LogP contribution in [0.5, 0.6) is 0 Å². The van der Waals surface area contributed by atoms with Crippen LogP contribution >= 0.6 is 0 Å². The molecule has 0 spiro atoms. The fourth-order valence-electron chi connectivity index (χ4n) is 3.69. The van der Waals surface area contributed by atoms with Crippen molar-refractivity contribution < 1.29 is 4.52 Å². The number of pyridine rings is 1. The first-order valence-corrected chi connectivity index (χ1v) is 9.39. The van der Waals surface area contributed by atoms with Gasteiger partial charge in [0.25, 0.3) is 5.89 Å². The van der Waals surface area contributed by atoms with E-state index in [1.165, 1.54) is 5.56 Å². The van der Waals surface area contributed by atoms with Gasteiger partial charge in [0.05, 0.1) is 17.3 Å². The van der Waals surface area contributed by atoms with Crippen molar-refractivity contribution in [1.82, 2.24) is 25.1 Å². The average Bonchev–Trinajstić information content (AvgIpc) is 3.19. The monoisotopic (exact) mass is 385 g/mol. The smallest absolute Gasteiger partial charge is 0.276 e. The number of anilines is 2. The molecule has 1 saturated carbocycles. The first-order valence-electron chi connectivity index (χ1n) is 9.39. The molecule has 1 aromatic carbocycles. The molecule has 0 amide bonds. The molecule has 8 nitrogen and oxygen atoms in total. The van der Waals surface area contributed by atoms with E-state index in [4.69, 9.17) is 16.0 Å². The Morgan fingerprint density at radius 2 is 1.59 bits per heavy atom. The standard InChI is InChI=1S/C21H19N7O/c22-16-6-7-17(24-12-16)18-27-19(28-29-18)21(8-1-9-21)15-4-2-13(3-5-15)14-10-25-20(23)26-11-14/h2-7,10-12H,1,8-9,22H2,(H2,23,25,26). The SMILES string of the molecule is Nc1ccc(-c2nc(C3(c4ccc(-c5cnc(N)nc5)cc4)CCC3)no2)nc1. The molecular formula is C21H19N7O. The highest BCUT2D eigenvalue weighted by Gasteiger charge is 2.44. The summed E-state index contributed by atoms with van der Waals surface area (Å²) in [5.74, 6) is 1.37. The Morgan fingerprint density at radius 1 is 0.828 bits per heavy atom. The number of nitrogens with two attached hydrogens (primary N) is 2. The summed E-state index contributed by atoms with van der Waals surface area (Å²) in [7, 11) is 0. The van der Waals surface area contributed by atoms with Gasteiger partial charge in [0.1, 0.15) is 5.69 Å². The van der Waals surface area contributed by atoms with Gasteiger partial charge in [0.15, 0.2) is 5.82 Å². The molecule has 29 heavy (non-hydrogen) atoms. The van der Waals surface area contributed by atoms with Crippen LogP contribution < -0.4 is 11.5 Å². The molecule has 0 unspecified atom stereocenters. The highest BCUT2D eigenvalue weighted by atomic mass is 16.5. The van der Waals surface area contributed by atoms with Gasteiger partial charge in [-0.05, 0) is 36.1 Å². The van der Waals surface area contributed by atoms with Gasteiger partial charge in [-0.15, -0.1) is 0 Å². The Morgan fingerprint density at radius 3 is 2.21 bits per heavy atom. The quantitative estimate of drug-likeness (QED) is 0.548. The minimum atomic E-state index is -0.230. The van der Waals surface area contributed by atoms with Crippen LogP contribution in [-0.2, 0) is 5.41 Å². The molecule has 1 aliphatic rings. The molecule has 8 heteroatoms. The van der Waals surface area contributed by atoms with Gasteiger partial charge in [0, 0.05) is 18.0 Å². The summed E-state index contributed by atoms with van der Waals surface area (Å²) in [5, 5.41) is 4.28. The van der Waals surface area contributed by atoms with E-state index in [-0.39, 0.29) is 11.4 Å². The Hall–Kier alpha value is -3.81. The molecule has 3 heterocycles. The maximum Gasteiger partial charge on any atom is 0.276 e. The molecule has 4 N–H and O–H groups in total. The van der Waals surface area contributed by atoms with Crippen LogP contribution in [0.4, 0.5) is 11.6 Å². The summed E-state index contributed by atoms with van der Waals surface area (Å²) in [4.78, 5) is 17.0. The van der Waals surface area contributed by atoms with E-state index in [9.17, 15) is 0 Å². The first kappa shape index (κ1) is 17.3. The van der Waals surface area contributed by atoms with E-state index in [2.05, 4.69) is 49.4 Å². The fourth-order valence-corrected chi connectivity index (χ4v) is 3.69. The van der Waals surface area contributed by atoms with Crippen LogP contribution in [0.1, 0.15) is 30.7 Å². The largest absolute Gasteiger partial charge is 0.397 e. The number of hydrogen-bond donors (Lipinski definition) is 2. The number of rotatable bonds is 4. The van der Waals surface area contributed by atoms with Crippen molar-refractivity contribution in [2.45, 2.75) is 24.7 Å². The van der Waals surface area contributed by atoms with Crippen LogP contribution in [-0.4, -0.2) is 25.1 Å². The van der Waals surface area contributed by atoms with Crippen molar-refractivity contribution in [3.63, 3.8) is 0 Å². The fraction of sp³-hybridized carbons (Fsp3) is 0.190. The van der Waals surface area contributed by atoms with Crippen molar-refractivity contribution >= 4 is 11.6 Å². The van der Waals surface area contributed by atoms with E-state index in [0.717, 1.165) is 30.4 Å². The summed E-state index contributed by atoms with van der Waals surface area (Å²) in [5.41, 5.74) is 15.4. The van der Waals surface area contributed by atoms with Crippen molar-refractivity contribution in [3.8, 4) is 22.7 Å². The van der Waals surface area contributed by atoms with Gasteiger partial charge >= 0.3 is 0 Å². The third-order valence-electron chi connectivity index (χ3n) is 5.51. The summed E-state index contributed by atoms with van der Waals surface area (Å²) < 4.78 is 5.51. The normalized spacial score (nSPS) is 15.0. The van der Waals surface area contributed by atoms with Crippen LogP contribution in [0.25, 0.3) is 22.7 Å². The lowest BCUT2D eigenvalue weighted by Crippen LogP contribution is -2.36. The van der Waals surface area contributed by atoms with Gasteiger partial charge in [-0.25, -0.2) is 15.0 Å². The van der Waals surface area contributed by atoms with Gasteiger partial charge in [-0.1, -0.05) is 35.8 Å². The Kier molecular flexibility index (Phi) is 3.97. The van der Waals surface area contributed by atoms with E-state index in [1.54, 1.807) is 30.7 Å². The summed E-state index contributed by atoms with van der Waals surface area (Å²) in [6.07, 6.45) is 8.11. The van der Waals surface area contributed by atoms with Crippen molar-refractivity contribution in [2.75, 3.05) is 11.5 Å².